The minimum Gasteiger partial charge on any atom is -0.359 e. The topological polar surface area (TPSA) is 75.4 Å². The number of nitrogens with zero attached hydrogens (tertiary/aromatic N) is 1. The molecule has 0 unspecified atom stereocenters. The van der Waals surface area contributed by atoms with Gasteiger partial charge in [-0.05, 0) is 25.0 Å². The molecule has 0 aliphatic carbocycles. The fraction of sp³-hybridized carbons (Fsp3) is 0.467. The smallest absolute Gasteiger partial charge is 0.263 e. The number of nitrogens with one attached hydrogen (secondary N) is 1. The zero-order valence-electron chi connectivity index (χ0n) is 12.0. The van der Waals surface area contributed by atoms with E-state index in [1.165, 1.54) is 11.3 Å². The molecule has 112 valence electrons. The molecule has 6 heteroatoms. The molecule has 0 radical (unpaired) electrons. The average Bonchev–Trinajstić information content (AvgIpc) is 3.00. The first-order chi connectivity index (χ1) is 10.2. The SMILES string of the molecule is CNC(=O)C1CCN(C(=O)c2ccc(C#CCN)s2)CC1. The molecule has 1 aliphatic rings. The molecule has 0 spiro atoms. The number of hydrogen-bond donors (Lipinski definition) is 2. The lowest BCUT2D eigenvalue weighted by Gasteiger charge is -2.30. The number of piperidine rings is 1. The summed E-state index contributed by atoms with van der Waals surface area (Å²) >= 11 is 1.39. The maximum Gasteiger partial charge on any atom is 0.263 e. The molecule has 2 rings (SSSR count). The molecule has 3 N–H and O–H groups in total. The van der Waals surface area contributed by atoms with Crippen molar-refractivity contribution < 1.29 is 9.59 Å². The van der Waals surface area contributed by atoms with Crippen molar-refractivity contribution in [3.63, 3.8) is 0 Å². The lowest BCUT2D eigenvalue weighted by Crippen LogP contribution is -2.42. The average molecular weight is 305 g/mol. The summed E-state index contributed by atoms with van der Waals surface area (Å²) in [5, 5.41) is 2.67. The van der Waals surface area contributed by atoms with E-state index in [9.17, 15) is 9.59 Å². The Morgan fingerprint density at radius 1 is 1.43 bits per heavy atom. The van der Waals surface area contributed by atoms with Gasteiger partial charge in [-0.1, -0.05) is 11.8 Å². The highest BCUT2D eigenvalue weighted by Gasteiger charge is 2.27. The summed E-state index contributed by atoms with van der Waals surface area (Å²) in [7, 11) is 1.65. The van der Waals surface area contributed by atoms with Gasteiger partial charge in [-0.2, -0.15) is 0 Å². The van der Waals surface area contributed by atoms with Crippen LogP contribution in [0, 0.1) is 17.8 Å². The van der Waals surface area contributed by atoms with Crippen LogP contribution in [0.1, 0.15) is 27.4 Å². The van der Waals surface area contributed by atoms with Gasteiger partial charge in [-0.25, -0.2) is 0 Å². The molecule has 21 heavy (non-hydrogen) atoms. The monoisotopic (exact) mass is 305 g/mol. The zero-order valence-corrected chi connectivity index (χ0v) is 12.8. The molecule has 1 fully saturated rings. The first-order valence-corrected chi connectivity index (χ1v) is 7.77. The van der Waals surface area contributed by atoms with Gasteiger partial charge in [0.1, 0.15) is 0 Å². The van der Waals surface area contributed by atoms with E-state index in [1.807, 2.05) is 11.0 Å². The van der Waals surface area contributed by atoms with Crippen LogP contribution in [0.3, 0.4) is 0 Å². The molecule has 2 heterocycles. The van der Waals surface area contributed by atoms with Gasteiger partial charge in [0.25, 0.3) is 5.91 Å². The largest absolute Gasteiger partial charge is 0.359 e. The molecule has 2 amide bonds. The predicted octanol–water partition coefficient (Wildman–Crippen LogP) is 0.656. The van der Waals surface area contributed by atoms with E-state index in [0.717, 1.165) is 17.7 Å². The van der Waals surface area contributed by atoms with Crippen molar-refractivity contribution >= 4 is 23.2 Å². The summed E-state index contributed by atoms with van der Waals surface area (Å²) in [4.78, 5) is 27.3. The highest BCUT2D eigenvalue weighted by Crippen LogP contribution is 2.22. The van der Waals surface area contributed by atoms with Crippen molar-refractivity contribution in [1.82, 2.24) is 10.2 Å². The fourth-order valence-corrected chi connectivity index (χ4v) is 3.21. The number of rotatable bonds is 2. The van der Waals surface area contributed by atoms with Crippen LogP contribution in [0.25, 0.3) is 0 Å². The van der Waals surface area contributed by atoms with Gasteiger partial charge < -0.3 is 16.0 Å². The third-order valence-corrected chi connectivity index (χ3v) is 4.52. The molecule has 0 atom stereocenters. The Kier molecular flexibility index (Phi) is 5.37. The second kappa shape index (κ2) is 7.25. The van der Waals surface area contributed by atoms with E-state index in [-0.39, 0.29) is 17.7 Å². The predicted molar refractivity (Wildman–Crippen MR) is 82.9 cm³/mol. The van der Waals surface area contributed by atoms with Crippen molar-refractivity contribution in [1.29, 1.82) is 0 Å². The van der Waals surface area contributed by atoms with Crippen LogP contribution >= 0.6 is 11.3 Å². The molecule has 0 aromatic carbocycles. The van der Waals surface area contributed by atoms with Gasteiger partial charge in [-0.3, -0.25) is 9.59 Å². The van der Waals surface area contributed by atoms with E-state index in [0.29, 0.717) is 24.5 Å². The summed E-state index contributed by atoms with van der Waals surface area (Å²) in [5.41, 5.74) is 5.33. The number of hydrogen-bond acceptors (Lipinski definition) is 4. The van der Waals surface area contributed by atoms with Gasteiger partial charge in [0.2, 0.25) is 5.91 Å². The molecule has 1 aromatic rings. The number of nitrogens with two attached hydrogens (primary N) is 1. The Hall–Kier alpha value is -1.84. The van der Waals surface area contributed by atoms with Crippen molar-refractivity contribution in [2.24, 2.45) is 11.7 Å². The van der Waals surface area contributed by atoms with E-state index in [1.54, 1.807) is 13.1 Å². The highest BCUT2D eigenvalue weighted by molar-refractivity contribution is 7.14. The second-order valence-corrected chi connectivity index (χ2v) is 5.93. The van der Waals surface area contributed by atoms with Crippen LogP contribution in [0.15, 0.2) is 12.1 Å². The lowest BCUT2D eigenvalue weighted by molar-refractivity contribution is -0.125. The molecule has 1 saturated heterocycles. The Bertz CT molecular complexity index is 577. The van der Waals surface area contributed by atoms with Crippen molar-refractivity contribution in [2.75, 3.05) is 26.7 Å². The molecule has 0 saturated carbocycles. The van der Waals surface area contributed by atoms with Crippen LogP contribution in [-0.4, -0.2) is 43.4 Å². The lowest BCUT2D eigenvalue weighted by atomic mass is 9.96. The van der Waals surface area contributed by atoms with Gasteiger partial charge in [0.05, 0.1) is 16.3 Å². The first-order valence-electron chi connectivity index (χ1n) is 6.95. The normalized spacial score (nSPS) is 15.2. The molecular weight excluding hydrogens is 286 g/mol. The van der Waals surface area contributed by atoms with Gasteiger partial charge in [-0.15, -0.1) is 11.3 Å². The van der Waals surface area contributed by atoms with E-state index >= 15 is 0 Å². The van der Waals surface area contributed by atoms with Crippen LogP contribution in [0.2, 0.25) is 0 Å². The number of carbonyl (C=O) groups excluding carboxylic acids is 2. The van der Waals surface area contributed by atoms with E-state index in [2.05, 4.69) is 17.2 Å². The minimum atomic E-state index is 0.0216. The summed E-state index contributed by atoms with van der Waals surface area (Å²) in [6.07, 6.45) is 1.44. The van der Waals surface area contributed by atoms with Crippen LogP contribution in [0.4, 0.5) is 0 Å². The van der Waals surface area contributed by atoms with Gasteiger partial charge in [0, 0.05) is 26.1 Å². The van der Waals surface area contributed by atoms with Crippen LogP contribution < -0.4 is 11.1 Å². The zero-order chi connectivity index (χ0) is 15.2. The Labute approximate surface area is 128 Å². The number of carbonyl (C=O) groups is 2. The van der Waals surface area contributed by atoms with Crippen LogP contribution in [0.5, 0.6) is 0 Å². The Balaban J connectivity index is 1.95. The maximum absolute atomic E-state index is 12.4. The summed E-state index contributed by atoms with van der Waals surface area (Å²) in [5.74, 6) is 5.82. The molecule has 1 aliphatic heterocycles. The maximum atomic E-state index is 12.4. The quantitative estimate of drug-likeness (QED) is 0.788. The molecule has 0 bridgehead atoms. The number of amides is 2. The van der Waals surface area contributed by atoms with Gasteiger partial charge >= 0.3 is 0 Å². The summed E-state index contributed by atoms with van der Waals surface area (Å²) in [6.45, 7) is 1.56. The van der Waals surface area contributed by atoms with Crippen molar-refractivity contribution in [3.05, 3.63) is 21.9 Å². The Morgan fingerprint density at radius 2 is 2.14 bits per heavy atom. The minimum absolute atomic E-state index is 0.0216. The van der Waals surface area contributed by atoms with Crippen LogP contribution in [-0.2, 0) is 4.79 Å². The van der Waals surface area contributed by atoms with E-state index < -0.39 is 0 Å². The third kappa shape index (κ3) is 3.84. The fourth-order valence-electron chi connectivity index (χ4n) is 2.36. The second-order valence-electron chi connectivity index (χ2n) is 4.85. The number of likely N-dealkylation sites (tertiary alicyclic amines) is 1. The number of thiophene rings is 1. The van der Waals surface area contributed by atoms with Crippen molar-refractivity contribution in [2.45, 2.75) is 12.8 Å². The first kappa shape index (κ1) is 15.5. The van der Waals surface area contributed by atoms with Crippen molar-refractivity contribution in [3.8, 4) is 11.8 Å². The van der Waals surface area contributed by atoms with E-state index in [4.69, 9.17) is 5.73 Å². The molecule has 1 aromatic heterocycles. The Morgan fingerprint density at radius 3 is 2.76 bits per heavy atom. The summed E-state index contributed by atoms with van der Waals surface area (Å²) in [6, 6.07) is 3.65. The van der Waals surface area contributed by atoms with Gasteiger partial charge in [0.15, 0.2) is 0 Å². The third-order valence-electron chi connectivity index (χ3n) is 3.53. The molecule has 5 nitrogen and oxygen atoms in total. The highest BCUT2D eigenvalue weighted by atomic mass is 32.1. The molecular formula is C15H19N3O2S. The summed E-state index contributed by atoms with van der Waals surface area (Å²) < 4.78 is 0. The standard InChI is InChI=1S/C15H19N3O2S/c1-17-14(19)11-6-9-18(10-7-11)15(20)13-5-4-12(21-13)3-2-8-16/h4-5,11H,6-10,16H2,1H3,(H,17,19).